The number of aliphatic hydroxyl groups excluding tert-OH is 1. The van der Waals surface area contributed by atoms with Crippen molar-refractivity contribution in [3.05, 3.63) is 0 Å². The first-order valence-corrected chi connectivity index (χ1v) is 3.33. The third kappa shape index (κ3) is 4.21. The summed E-state index contributed by atoms with van der Waals surface area (Å²) in [5, 5.41) is 8.61. The highest BCUT2D eigenvalue weighted by Crippen LogP contribution is 2.06. The highest BCUT2D eigenvalue weighted by molar-refractivity contribution is 5.51. The Morgan fingerprint density at radius 2 is 2.00 bits per heavy atom. The van der Waals surface area contributed by atoms with E-state index in [4.69, 9.17) is 5.11 Å². The Hall–Kier alpha value is -0.700. The van der Waals surface area contributed by atoms with Gasteiger partial charge in [0.1, 0.15) is 12.6 Å². The van der Waals surface area contributed by atoms with Crippen LogP contribution in [-0.2, 0) is 9.59 Å². The second kappa shape index (κ2) is 6.42. The van der Waals surface area contributed by atoms with Gasteiger partial charge in [0.25, 0.3) is 0 Å². The number of hydrogen-bond donors (Lipinski definition) is 1. The van der Waals surface area contributed by atoms with Crippen molar-refractivity contribution in [1.29, 1.82) is 0 Å². The molecule has 1 N–H and O–H groups in total. The van der Waals surface area contributed by atoms with Gasteiger partial charge in [-0.25, -0.2) is 0 Å². The van der Waals surface area contributed by atoms with E-state index in [1.807, 2.05) is 0 Å². The molecule has 0 heterocycles. The molecule has 0 rings (SSSR count). The van der Waals surface area contributed by atoms with E-state index in [0.29, 0.717) is 19.3 Å². The molecule has 1 atom stereocenters. The molecule has 0 saturated heterocycles. The van der Waals surface area contributed by atoms with E-state index in [1.54, 1.807) is 0 Å². The lowest BCUT2D eigenvalue weighted by atomic mass is 10.0. The van der Waals surface area contributed by atoms with Crippen molar-refractivity contribution in [2.24, 2.45) is 5.92 Å². The fraction of sp³-hybridized carbons (Fsp3) is 0.714. The predicted molar refractivity (Wildman–Crippen MR) is 36.6 cm³/mol. The Kier molecular flexibility index (Phi) is 5.97. The van der Waals surface area contributed by atoms with Gasteiger partial charge >= 0.3 is 0 Å². The zero-order valence-corrected chi connectivity index (χ0v) is 5.82. The average Bonchev–Trinajstić information content (AvgIpc) is 1.98. The summed E-state index contributed by atoms with van der Waals surface area (Å²) in [7, 11) is 0. The summed E-state index contributed by atoms with van der Waals surface area (Å²) in [6, 6.07) is 0. The van der Waals surface area contributed by atoms with Crippen molar-refractivity contribution in [2.75, 3.05) is 6.61 Å². The topological polar surface area (TPSA) is 54.4 Å². The highest BCUT2D eigenvalue weighted by Gasteiger charge is 2.04. The van der Waals surface area contributed by atoms with Crippen LogP contribution in [0.3, 0.4) is 0 Å². The van der Waals surface area contributed by atoms with Crippen LogP contribution in [-0.4, -0.2) is 24.3 Å². The highest BCUT2D eigenvalue weighted by atomic mass is 16.3. The maximum atomic E-state index is 9.94. The van der Waals surface area contributed by atoms with Gasteiger partial charge in [-0.3, -0.25) is 0 Å². The first-order valence-electron chi connectivity index (χ1n) is 3.33. The van der Waals surface area contributed by atoms with E-state index in [-0.39, 0.29) is 12.5 Å². The molecule has 0 aliphatic heterocycles. The van der Waals surface area contributed by atoms with Gasteiger partial charge in [0, 0.05) is 19.4 Å². The quantitative estimate of drug-likeness (QED) is 0.540. The molecule has 0 spiro atoms. The monoisotopic (exact) mass is 144 g/mol. The minimum atomic E-state index is -0.0253. The molecule has 1 unspecified atom stereocenters. The molecule has 0 fully saturated rings. The molecule has 58 valence electrons. The van der Waals surface area contributed by atoms with Crippen LogP contribution in [0, 0.1) is 5.92 Å². The first-order chi connectivity index (χ1) is 4.85. The number of aldehydes is 2. The molecule has 0 aliphatic rings. The zero-order valence-electron chi connectivity index (χ0n) is 5.82. The number of hydrogen-bond acceptors (Lipinski definition) is 3. The number of carbonyl (C=O) groups is 2. The van der Waals surface area contributed by atoms with Crippen molar-refractivity contribution < 1.29 is 14.7 Å². The SMILES string of the molecule is O=CCCC(CO)CC=O. The van der Waals surface area contributed by atoms with Crippen molar-refractivity contribution in [3.63, 3.8) is 0 Å². The van der Waals surface area contributed by atoms with Crippen LogP contribution in [0.1, 0.15) is 19.3 Å². The second-order valence-electron chi connectivity index (χ2n) is 2.19. The Labute approximate surface area is 60.0 Å². The molecular weight excluding hydrogens is 132 g/mol. The van der Waals surface area contributed by atoms with Crippen molar-refractivity contribution in [1.82, 2.24) is 0 Å². The van der Waals surface area contributed by atoms with Crippen molar-refractivity contribution in [3.8, 4) is 0 Å². The molecule has 0 aliphatic carbocycles. The number of aliphatic hydroxyl groups is 1. The summed E-state index contributed by atoms with van der Waals surface area (Å²) in [5.74, 6) is -0.0253. The molecule has 0 radical (unpaired) electrons. The van der Waals surface area contributed by atoms with Crippen LogP contribution in [0.4, 0.5) is 0 Å². The largest absolute Gasteiger partial charge is 0.396 e. The van der Waals surface area contributed by atoms with Gasteiger partial charge in [0.15, 0.2) is 0 Å². The standard InChI is InChI=1S/C7H12O3/c8-4-1-2-7(6-10)3-5-9/h4-5,7,10H,1-3,6H2. The third-order valence-corrected chi connectivity index (χ3v) is 1.38. The van der Waals surface area contributed by atoms with Gasteiger partial charge in [-0.15, -0.1) is 0 Å². The Morgan fingerprint density at radius 1 is 1.30 bits per heavy atom. The van der Waals surface area contributed by atoms with E-state index in [2.05, 4.69) is 0 Å². The van der Waals surface area contributed by atoms with Crippen LogP contribution in [0.25, 0.3) is 0 Å². The van der Waals surface area contributed by atoms with E-state index >= 15 is 0 Å². The summed E-state index contributed by atoms with van der Waals surface area (Å²) in [5.41, 5.74) is 0. The molecular formula is C7H12O3. The number of carbonyl (C=O) groups excluding carboxylic acids is 2. The van der Waals surface area contributed by atoms with E-state index in [9.17, 15) is 9.59 Å². The maximum absolute atomic E-state index is 9.94. The molecule has 3 nitrogen and oxygen atoms in total. The minimum Gasteiger partial charge on any atom is -0.396 e. The summed E-state index contributed by atoms with van der Waals surface area (Å²) in [6.07, 6.45) is 2.96. The lowest BCUT2D eigenvalue weighted by Gasteiger charge is -2.06. The van der Waals surface area contributed by atoms with Gasteiger partial charge in [-0.1, -0.05) is 0 Å². The molecule has 0 aromatic heterocycles. The zero-order chi connectivity index (χ0) is 7.82. The van der Waals surface area contributed by atoms with Crippen LogP contribution in [0.15, 0.2) is 0 Å². The van der Waals surface area contributed by atoms with Gasteiger partial charge < -0.3 is 14.7 Å². The molecule has 0 aromatic rings. The van der Waals surface area contributed by atoms with Gasteiger partial charge in [-0.2, -0.15) is 0 Å². The summed E-state index contributed by atoms with van der Waals surface area (Å²) in [4.78, 5) is 19.8. The van der Waals surface area contributed by atoms with Crippen molar-refractivity contribution >= 4 is 12.6 Å². The van der Waals surface area contributed by atoms with Crippen LogP contribution in [0.5, 0.6) is 0 Å². The van der Waals surface area contributed by atoms with Gasteiger partial charge in [-0.05, 0) is 12.3 Å². The number of rotatable bonds is 6. The minimum absolute atomic E-state index is 0.00736. The van der Waals surface area contributed by atoms with Gasteiger partial charge in [0.2, 0.25) is 0 Å². The Morgan fingerprint density at radius 3 is 2.40 bits per heavy atom. The van der Waals surface area contributed by atoms with Crippen molar-refractivity contribution in [2.45, 2.75) is 19.3 Å². The fourth-order valence-corrected chi connectivity index (χ4v) is 0.724. The molecule has 0 amide bonds. The molecule has 10 heavy (non-hydrogen) atoms. The maximum Gasteiger partial charge on any atom is 0.120 e. The molecule has 0 saturated carbocycles. The van der Waals surface area contributed by atoms with Crippen LogP contribution < -0.4 is 0 Å². The fourth-order valence-electron chi connectivity index (χ4n) is 0.724. The van der Waals surface area contributed by atoms with E-state index < -0.39 is 0 Å². The smallest absolute Gasteiger partial charge is 0.120 e. The molecule has 3 heteroatoms. The van der Waals surface area contributed by atoms with E-state index in [0.717, 1.165) is 12.6 Å². The molecule has 0 bridgehead atoms. The first kappa shape index (κ1) is 9.30. The normalized spacial score (nSPS) is 12.5. The van der Waals surface area contributed by atoms with Crippen LogP contribution >= 0.6 is 0 Å². The van der Waals surface area contributed by atoms with Gasteiger partial charge in [0.05, 0.1) is 0 Å². The lowest BCUT2D eigenvalue weighted by molar-refractivity contribution is -0.110. The van der Waals surface area contributed by atoms with E-state index in [1.165, 1.54) is 0 Å². The second-order valence-corrected chi connectivity index (χ2v) is 2.19. The van der Waals surface area contributed by atoms with Crippen LogP contribution in [0.2, 0.25) is 0 Å². The lowest BCUT2D eigenvalue weighted by Crippen LogP contribution is -2.06. The predicted octanol–water partition coefficient (Wildman–Crippen LogP) is 0.163. The summed E-state index contributed by atoms with van der Waals surface area (Å²) in [6.45, 7) is -0.00736. The molecule has 0 aromatic carbocycles. The summed E-state index contributed by atoms with van der Waals surface area (Å²) < 4.78 is 0. The Bertz CT molecular complexity index is 101. The summed E-state index contributed by atoms with van der Waals surface area (Å²) >= 11 is 0. The average molecular weight is 144 g/mol. The third-order valence-electron chi connectivity index (χ3n) is 1.38. The Balaban J connectivity index is 3.38.